The molecule has 0 unspecified atom stereocenters. The Kier molecular flexibility index (Phi) is 7.14. The maximum atomic E-state index is 4.22. The SMILES string of the molecule is C=C1C=CCC=C(C(/C=C\C=Cn2c3c(c4c2Cc2c-4c4c(n2-c2ccc(C5=CC=CC5)cc2)CC=CCC4)C=CC3)=C/C)C1. The Morgan fingerprint density at radius 2 is 1.71 bits per heavy atom. The molecule has 0 atom stereocenters. The lowest BCUT2D eigenvalue weighted by Gasteiger charge is -2.15. The lowest BCUT2D eigenvalue weighted by Crippen LogP contribution is -2.07. The summed E-state index contributed by atoms with van der Waals surface area (Å²) in [4.78, 5) is 0. The number of fused-ring (bicyclic) bond motifs is 7. The Morgan fingerprint density at radius 1 is 0.822 bits per heavy atom. The molecule has 2 nitrogen and oxygen atoms in total. The molecular formula is C43H40N2. The van der Waals surface area contributed by atoms with Gasteiger partial charge in [0.1, 0.15) is 0 Å². The minimum Gasteiger partial charge on any atom is -0.323 e. The summed E-state index contributed by atoms with van der Waals surface area (Å²) < 4.78 is 5.10. The molecule has 0 radical (unpaired) electrons. The molecule has 5 aliphatic rings. The molecule has 2 aromatic heterocycles. The Labute approximate surface area is 267 Å². The van der Waals surface area contributed by atoms with Crippen LogP contribution >= 0.6 is 0 Å². The molecule has 0 saturated carbocycles. The van der Waals surface area contributed by atoms with E-state index in [-0.39, 0.29) is 0 Å². The summed E-state index contributed by atoms with van der Waals surface area (Å²) in [6, 6.07) is 9.30. The maximum absolute atomic E-state index is 4.22. The highest BCUT2D eigenvalue weighted by molar-refractivity contribution is 5.90. The number of nitrogens with zero attached hydrogens (tertiary/aromatic N) is 2. The lowest BCUT2D eigenvalue weighted by molar-refractivity contribution is 0.872. The molecule has 0 fully saturated rings. The molecule has 0 aliphatic heterocycles. The first-order valence-corrected chi connectivity index (χ1v) is 16.6. The van der Waals surface area contributed by atoms with Crippen molar-refractivity contribution in [2.75, 3.05) is 0 Å². The van der Waals surface area contributed by atoms with Gasteiger partial charge in [0.25, 0.3) is 0 Å². The number of rotatable bonds is 6. The first-order chi connectivity index (χ1) is 22.2. The van der Waals surface area contributed by atoms with Gasteiger partial charge in [-0.2, -0.15) is 0 Å². The van der Waals surface area contributed by atoms with E-state index in [9.17, 15) is 0 Å². The van der Waals surface area contributed by atoms with Crippen molar-refractivity contribution in [1.82, 2.24) is 9.13 Å². The van der Waals surface area contributed by atoms with Gasteiger partial charge in [0, 0.05) is 70.6 Å². The summed E-state index contributed by atoms with van der Waals surface area (Å²) in [5.74, 6) is 0. The van der Waals surface area contributed by atoms with E-state index in [1.165, 1.54) is 73.0 Å². The van der Waals surface area contributed by atoms with Crippen LogP contribution in [0.3, 0.4) is 0 Å². The number of benzene rings is 1. The second-order valence-electron chi connectivity index (χ2n) is 12.7. The van der Waals surface area contributed by atoms with Gasteiger partial charge < -0.3 is 9.13 Å². The molecule has 1 aromatic carbocycles. The summed E-state index contributed by atoms with van der Waals surface area (Å²) in [7, 11) is 0. The van der Waals surface area contributed by atoms with Crippen LogP contribution < -0.4 is 0 Å². The molecule has 3 aromatic rings. The van der Waals surface area contributed by atoms with Gasteiger partial charge >= 0.3 is 0 Å². The molecule has 0 bridgehead atoms. The molecular weight excluding hydrogens is 544 g/mol. The average Bonchev–Trinajstić information content (AvgIpc) is 3.85. The van der Waals surface area contributed by atoms with Crippen molar-refractivity contribution in [3.05, 3.63) is 166 Å². The first kappa shape index (κ1) is 27.7. The average molecular weight is 585 g/mol. The van der Waals surface area contributed by atoms with Crippen molar-refractivity contribution in [3.63, 3.8) is 0 Å². The molecule has 0 spiro atoms. The third kappa shape index (κ3) is 4.80. The Balaban J connectivity index is 1.16. The van der Waals surface area contributed by atoms with Crippen molar-refractivity contribution < 1.29 is 0 Å². The fourth-order valence-corrected chi connectivity index (χ4v) is 7.92. The summed E-state index contributed by atoms with van der Waals surface area (Å²) in [6.07, 6.45) is 42.0. The second-order valence-corrected chi connectivity index (χ2v) is 12.7. The van der Waals surface area contributed by atoms with E-state index < -0.39 is 0 Å². The van der Waals surface area contributed by atoms with E-state index in [0.29, 0.717) is 0 Å². The van der Waals surface area contributed by atoms with Crippen LogP contribution in [0.15, 0.2) is 127 Å². The molecule has 8 rings (SSSR count). The number of hydrogen-bond donors (Lipinski definition) is 0. The highest BCUT2D eigenvalue weighted by atomic mass is 15.0. The van der Waals surface area contributed by atoms with E-state index in [2.05, 4.69) is 138 Å². The van der Waals surface area contributed by atoms with Crippen LogP contribution in [0.5, 0.6) is 0 Å². The van der Waals surface area contributed by atoms with Gasteiger partial charge in [0.2, 0.25) is 0 Å². The summed E-state index contributed by atoms with van der Waals surface area (Å²) in [5, 5.41) is 0. The first-order valence-electron chi connectivity index (χ1n) is 16.6. The smallest absolute Gasteiger partial charge is 0.0456 e. The number of aromatic nitrogens is 2. The van der Waals surface area contributed by atoms with E-state index in [0.717, 1.165) is 51.4 Å². The van der Waals surface area contributed by atoms with Gasteiger partial charge in [-0.3, -0.25) is 0 Å². The van der Waals surface area contributed by atoms with Crippen LogP contribution in [0.1, 0.15) is 72.1 Å². The monoisotopic (exact) mass is 584 g/mol. The molecule has 222 valence electrons. The highest BCUT2D eigenvalue weighted by Gasteiger charge is 2.36. The molecule has 0 amide bonds. The van der Waals surface area contributed by atoms with E-state index >= 15 is 0 Å². The molecule has 5 aliphatic carbocycles. The molecule has 2 heterocycles. The van der Waals surface area contributed by atoms with Crippen LogP contribution in [-0.2, 0) is 25.7 Å². The normalized spacial score (nSPS) is 18.4. The fourth-order valence-electron chi connectivity index (χ4n) is 7.92. The summed E-state index contributed by atoms with van der Waals surface area (Å²) in [5.41, 5.74) is 19.6. The van der Waals surface area contributed by atoms with Crippen molar-refractivity contribution >= 4 is 17.8 Å². The minimum atomic E-state index is 0.910. The maximum Gasteiger partial charge on any atom is 0.0456 e. The van der Waals surface area contributed by atoms with Crippen LogP contribution in [-0.4, -0.2) is 9.13 Å². The number of allylic oxidation sites excluding steroid dienone is 17. The van der Waals surface area contributed by atoms with Crippen molar-refractivity contribution in [3.8, 4) is 16.8 Å². The molecule has 45 heavy (non-hydrogen) atoms. The Hall–Kier alpha value is -4.82. The zero-order chi connectivity index (χ0) is 30.3. The Bertz CT molecular complexity index is 1990. The summed E-state index contributed by atoms with van der Waals surface area (Å²) >= 11 is 0. The third-order valence-corrected chi connectivity index (χ3v) is 9.99. The van der Waals surface area contributed by atoms with Crippen molar-refractivity contribution in [1.29, 1.82) is 0 Å². The third-order valence-electron chi connectivity index (χ3n) is 9.99. The van der Waals surface area contributed by atoms with Gasteiger partial charge in [-0.05, 0) is 85.1 Å². The van der Waals surface area contributed by atoms with Gasteiger partial charge in [0.15, 0.2) is 0 Å². The van der Waals surface area contributed by atoms with Gasteiger partial charge in [-0.1, -0.05) is 103 Å². The van der Waals surface area contributed by atoms with E-state index in [4.69, 9.17) is 0 Å². The fraction of sp³-hybridized carbons (Fsp3) is 0.209. The van der Waals surface area contributed by atoms with Crippen LogP contribution in [0.25, 0.3) is 34.7 Å². The lowest BCUT2D eigenvalue weighted by atomic mass is 9.98. The minimum absolute atomic E-state index is 0.910. The largest absolute Gasteiger partial charge is 0.323 e. The van der Waals surface area contributed by atoms with Crippen LogP contribution in [0, 0.1) is 0 Å². The molecule has 0 N–H and O–H groups in total. The topological polar surface area (TPSA) is 9.86 Å². The van der Waals surface area contributed by atoms with Gasteiger partial charge in [-0.25, -0.2) is 0 Å². The van der Waals surface area contributed by atoms with Crippen LogP contribution in [0.2, 0.25) is 0 Å². The number of hydrogen-bond acceptors (Lipinski definition) is 0. The zero-order valence-electron chi connectivity index (χ0n) is 26.2. The molecule has 0 saturated heterocycles. The predicted octanol–water partition coefficient (Wildman–Crippen LogP) is 10.6. The van der Waals surface area contributed by atoms with E-state index in [1.54, 1.807) is 5.56 Å². The Morgan fingerprint density at radius 3 is 2.56 bits per heavy atom. The quantitative estimate of drug-likeness (QED) is 0.158. The van der Waals surface area contributed by atoms with E-state index in [1.807, 2.05) is 0 Å². The highest BCUT2D eigenvalue weighted by Crippen LogP contribution is 2.50. The van der Waals surface area contributed by atoms with Gasteiger partial charge in [-0.15, -0.1) is 0 Å². The second kappa shape index (κ2) is 11.6. The van der Waals surface area contributed by atoms with Crippen molar-refractivity contribution in [2.24, 2.45) is 0 Å². The molecule has 2 heteroatoms. The van der Waals surface area contributed by atoms with Crippen LogP contribution in [0.4, 0.5) is 0 Å². The predicted molar refractivity (Wildman–Crippen MR) is 191 cm³/mol. The standard InChI is InChI=1S/C43H40N2/c1-3-31(34-18-8-7-14-30(2)28-34)15-11-12-27-44-38-22-13-20-36(38)42-40(44)29-41-43(42)37-19-5-4-6-21-39(37)45(41)35-25-23-33(24-26-35)32-16-9-10-17-32/h3-4,6-7,9-16,18,20,23-27H,2,5,8,17,19,21-22,28-29H2,1H3/b15-11-,27-12?,31-3+. The van der Waals surface area contributed by atoms with Gasteiger partial charge in [0.05, 0.1) is 0 Å². The summed E-state index contributed by atoms with van der Waals surface area (Å²) in [6.45, 7) is 6.35. The van der Waals surface area contributed by atoms with Crippen molar-refractivity contribution in [2.45, 2.75) is 58.3 Å². The zero-order valence-corrected chi connectivity index (χ0v) is 26.2.